The summed E-state index contributed by atoms with van der Waals surface area (Å²) in [5, 5.41) is 9.01. The number of rotatable bonds is 0. The predicted octanol–water partition coefficient (Wildman–Crippen LogP) is 2.37. The van der Waals surface area contributed by atoms with Crippen LogP contribution in [0.25, 0.3) is 0 Å². The van der Waals surface area contributed by atoms with E-state index in [2.05, 4.69) is 12.6 Å². The number of alkyl halides is 1. The molecule has 76 valence electrons. The van der Waals surface area contributed by atoms with Crippen LogP contribution in [-0.2, 0) is 4.79 Å². The largest absolute Gasteiger partial charge is 0.297 e. The summed E-state index contributed by atoms with van der Waals surface area (Å²) in [6.07, 6.45) is 7.32. The van der Waals surface area contributed by atoms with Gasteiger partial charge in [-0.2, -0.15) is 5.26 Å². The Morgan fingerprint density at radius 3 is 3.00 bits per heavy atom. The van der Waals surface area contributed by atoms with Crippen LogP contribution in [0.15, 0.2) is 36.5 Å². The molecule has 3 heteroatoms. The van der Waals surface area contributed by atoms with Crippen LogP contribution in [0.5, 0.6) is 0 Å². The molecule has 0 radical (unpaired) electrons. The molecule has 3 atom stereocenters. The van der Waals surface area contributed by atoms with Crippen LogP contribution in [0.4, 0.5) is 0 Å². The number of carbonyl (C=O) groups is 1. The molecule has 0 unspecified atom stereocenters. The quantitative estimate of drug-likeness (QED) is 0.464. The van der Waals surface area contributed by atoms with E-state index < -0.39 is 16.7 Å². The summed E-state index contributed by atoms with van der Waals surface area (Å²) in [7, 11) is 0. The summed E-state index contributed by atoms with van der Waals surface area (Å²) in [5.74, 6) is -0.961. The Hall–Kier alpha value is -1.33. The van der Waals surface area contributed by atoms with Gasteiger partial charge in [-0.3, -0.25) is 4.79 Å². The third-order valence-electron chi connectivity index (χ3n) is 2.92. The first-order chi connectivity index (χ1) is 7.08. The van der Waals surface area contributed by atoms with E-state index in [1.165, 1.54) is 0 Å². The average molecular weight is 220 g/mol. The molecule has 1 fully saturated rings. The number of ketones is 1. The van der Waals surface area contributed by atoms with Gasteiger partial charge in [0.25, 0.3) is 0 Å². The van der Waals surface area contributed by atoms with Crippen molar-refractivity contribution in [2.24, 2.45) is 11.8 Å². The number of carbonyl (C=O) groups excluding carboxylic acids is 1. The Morgan fingerprint density at radius 1 is 1.60 bits per heavy atom. The fraction of sp³-hybridized carbons (Fsp3) is 0.333. The van der Waals surface area contributed by atoms with Crippen LogP contribution in [-0.4, -0.2) is 10.7 Å². The lowest BCUT2D eigenvalue weighted by atomic mass is 9.71. The molecule has 0 aliphatic heterocycles. The lowest BCUT2D eigenvalue weighted by Crippen LogP contribution is -2.43. The summed E-state index contributed by atoms with van der Waals surface area (Å²) in [5.41, 5.74) is 0.744. The van der Waals surface area contributed by atoms with Crippen molar-refractivity contribution in [1.29, 1.82) is 5.26 Å². The van der Waals surface area contributed by atoms with Crippen molar-refractivity contribution in [2.45, 2.75) is 11.3 Å². The van der Waals surface area contributed by atoms with E-state index in [4.69, 9.17) is 16.9 Å². The number of Topliss-reactive ketones (excluding diaryl/α,β-unsaturated/α-hetero) is 1. The van der Waals surface area contributed by atoms with Crippen molar-refractivity contribution in [3.63, 3.8) is 0 Å². The second-order valence-corrected chi connectivity index (χ2v) is 4.61. The normalized spacial score (nSPS) is 38.7. The molecule has 0 amide bonds. The molecule has 1 saturated carbocycles. The number of halogens is 1. The van der Waals surface area contributed by atoms with Gasteiger partial charge >= 0.3 is 0 Å². The van der Waals surface area contributed by atoms with Crippen molar-refractivity contribution in [3.05, 3.63) is 36.5 Å². The SMILES string of the molecule is C=C1C[C@]2(Cl)C=CC=C[C@@H](C2=O)[C@@H]1C#N. The van der Waals surface area contributed by atoms with Gasteiger partial charge in [-0.05, 0) is 6.42 Å². The molecule has 2 aliphatic carbocycles. The van der Waals surface area contributed by atoms with Crippen molar-refractivity contribution < 1.29 is 4.79 Å². The summed E-state index contributed by atoms with van der Waals surface area (Å²) in [4.78, 5) is 11.1. The highest BCUT2D eigenvalue weighted by atomic mass is 35.5. The van der Waals surface area contributed by atoms with Crippen molar-refractivity contribution in [1.82, 2.24) is 0 Å². The van der Waals surface area contributed by atoms with E-state index in [0.717, 1.165) is 5.57 Å². The molecule has 0 aromatic heterocycles. The maximum absolute atomic E-state index is 12.0. The van der Waals surface area contributed by atoms with Gasteiger partial charge in [-0.1, -0.05) is 36.5 Å². The number of fused-ring (bicyclic) bond motifs is 2. The molecule has 2 bridgehead atoms. The second-order valence-electron chi connectivity index (χ2n) is 3.94. The topological polar surface area (TPSA) is 40.9 Å². The lowest BCUT2D eigenvalue weighted by Gasteiger charge is -2.34. The van der Waals surface area contributed by atoms with E-state index in [-0.39, 0.29) is 5.78 Å². The van der Waals surface area contributed by atoms with Gasteiger partial charge in [-0.15, -0.1) is 11.6 Å². The van der Waals surface area contributed by atoms with E-state index in [9.17, 15) is 4.79 Å². The molecule has 0 saturated heterocycles. The van der Waals surface area contributed by atoms with Gasteiger partial charge < -0.3 is 0 Å². The number of nitrogens with zero attached hydrogens (tertiary/aromatic N) is 1. The third-order valence-corrected chi connectivity index (χ3v) is 3.37. The molecule has 0 spiro atoms. The predicted molar refractivity (Wildman–Crippen MR) is 58.2 cm³/mol. The van der Waals surface area contributed by atoms with Gasteiger partial charge in [0.2, 0.25) is 0 Å². The highest BCUT2D eigenvalue weighted by molar-refractivity contribution is 6.38. The van der Waals surface area contributed by atoms with Crippen LogP contribution in [0.1, 0.15) is 6.42 Å². The molecule has 2 nitrogen and oxygen atoms in total. The molecular formula is C12H10ClNO. The zero-order valence-electron chi connectivity index (χ0n) is 8.11. The number of hydrogen-bond acceptors (Lipinski definition) is 2. The molecule has 0 aromatic rings. The first-order valence-electron chi connectivity index (χ1n) is 4.75. The van der Waals surface area contributed by atoms with Crippen LogP contribution >= 0.6 is 11.6 Å². The van der Waals surface area contributed by atoms with Crippen LogP contribution in [0.3, 0.4) is 0 Å². The monoisotopic (exact) mass is 219 g/mol. The minimum atomic E-state index is -0.988. The molecule has 15 heavy (non-hydrogen) atoms. The van der Waals surface area contributed by atoms with E-state index in [1.807, 2.05) is 0 Å². The van der Waals surface area contributed by atoms with Crippen LogP contribution in [0.2, 0.25) is 0 Å². The average Bonchev–Trinajstić information content (AvgIpc) is 2.30. The fourth-order valence-corrected chi connectivity index (χ4v) is 2.48. The lowest BCUT2D eigenvalue weighted by molar-refractivity contribution is -0.124. The van der Waals surface area contributed by atoms with Gasteiger partial charge in [0.1, 0.15) is 4.87 Å². The first kappa shape index (κ1) is 10.2. The Balaban J connectivity index is 2.51. The zero-order chi connectivity index (χ0) is 11.1. The van der Waals surface area contributed by atoms with Crippen LogP contribution < -0.4 is 0 Å². The van der Waals surface area contributed by atoms with Crippen molar-refractivity contribution in [2.75, 3.05) is 0 Å². The molecule has 0 heterocycles. The Bertz CT molecular complexity index is 429. The van der Waals surface area contributed by atoms with Gasteiger partial charge in [0, 0.05) is 0 Å². The highest BCUT2D eigenvalue weighted by Crippen LogP contribution is 2.43. The molecule has 2 aliphatic rings. The van der Waals surface area contributed by atoms with Gasteiger partial charge in [-0.25, -0.2) is 0 Å². The maximum Gasteiger partial charge on any atom is 0.166 e. The summed E-state index contributed by atoms with van der Waals surface area (Å²) in [6, 6.07) is 2.13. The zero-order valence-corrected chi connectivity index (χ0v) is 8.87. The third kappa shape index (κ3) is 1.44. The Kier molecular flexibility index (Phi) is 2.28. The standard InChI is InChI=1S/C12H10ClNO/c1-8-6-12(13)5-3-2-4-9(11(12)15)10(8)7-14/h2-5,9-10H,1,6H2/t9-,10-,12-/m1/s1. The number of nitriles is 1. The Labute approximate surface area is 93.5 Å². The summed E-state index contributed by atoms with van der Waals surface area (Å²) in [6.45, 7) is 3.84. The van der Waals surface area contributed by atoms with Gasteiger partial charge in [0.05, 0.1) is 17.9 Å². The van der Waals surface area contributed by atoms with E-state index in [0.29, 0.717) is 6.42 Å². The summed E-state index contributed by atoms with van der Waals surface area (Å²) < 4.78 is 0. The molecule has 2 rings (SSSR count). The minimum absolute atomic E-state index is 0.0897. The van der Waals surface area contributed by atoms with E-state index >= 15 is 0 Å². The maximum atomic E-state index is 12.0. The summed E-state index contributed by atoms with van der Waals surface area (Å²) >= 11 is 6.23. The van der Waals surface area contributed by atoms with Crippen LogP contribution in [0, 0.1) is 23.2 Å². The highest BCUT2D eigenvalue weighted by Gasteiger charge is 2.47. The van der Waals surface area contributed by atoms with Gasteiger partial charge in [0.15, 0.2) is 5.78 Å². The fourth-order valence-electron chi connectivity index (χ4n) is 2.11. The minimum Gasteiger partial charge on any atom is -0.297 e. The first-order valence-corrected chi connectivity index (χ1v) is 5.13. The number of allylic oxidation sites excluding steroid dienone is 5. The van der Waals surface area contributed by atoms with E-state index in [1.54, 1.807) is 24.3 Å². The Morgan fingerprint density at radius 2 is 2.33 bits per heavy atom. The molecule has 0 aromatic carbocycles. The van der Waals surface area contributed by atoms with Crippen molar-refractivity contribution >= 4 is 17.4 Å². The van der Waals surface area contributed by atoms with Crippen molar-refractivity contribution in [3.8, 4) is 6.07 Å². The second kappa shape index (κ2) is 3.36. The molecular weight excluding hydrogens is 210 g/mol. The molecule has 0 N–H and O–H groups in total. The number of hydrogen-bond donors (Lipinski definition) is 0. The smallest absolute Gasteiger partial charge is 0.166 e.